The molecule has 0 aliphatic carbocycles. The molecular weight excluding hydrogens is 194 g/mol. The van der Waals surface area contributed by atoms with Crippen molar-refractivity contribution in [3.63, 3.8) is 0 Å². The molecule has 0 aromatic carbocycles. The summed E-state index contributed by atoms with van der Waals surface area (Å²) in [5, 5.41) is 10.6. The van der Waals surface area contributed by atoms with Crippen molar-refractivity contribution in [2.75, 3.05) is 31.6 Å². The van der Waals surface area contributed by atoms with Crippen LogP contribution in [-0.2, 0) is 0 Å². The first-order valence-electron chi connectivity index (χ1n) is 5.69. The summed E-state index contributed by atoms with van der Waals surface area (Å²) in [5.41, 5.74) is -0.326. The SMILES string of the molecule is CN1CCC(O)(C2CCSCC2)CC1. The molecule has 2 heterocycles. The summed E-state index contributed by atoms with van der Waals surface area (Å²) >= 11 is 2.04. The van der Waals surface area contributed by atoms with Crippen LogP contribution in [0.3, 0.4) is 0 Å². The number of aliphatic hydroxyl groups is 1. The first-order valence-corrected chi connectivity index (χ1v) is 6.85. The minimum Gasteiger partial charge on any atom is -0.390 e. The van der Waals surface area contributed by atoms with Crippen molar-refractivity contribution in [3.05, 3.63) is 0 Å². The van der Waals surface area contributed by atoms with Gasteiger partial charge in [-0.2, -0.15) is 11.8 Å². The maximum atomic E-state index is 10.6. The van der Waals surface area contributed by atoms with Gasteiger partial charge in [-0.25, -0.2) is 0 Å². The zero-order valence-electron chi connectivity index (χ0n) is 9.04. The molecule has 1 N–H and O–H groups in total. The molecule has 2 saturated heterocycles. The van der Waals surface area contributed by atoms with Gasteiger partial charge in [-0.3, -0.25) is 0 Å². The van der Waals surface area contributed by atoms with Gasteiger partial charge in [0, 0.05) is 13.1 Å². The Labute approximate surface area is 91.1 Å². The van der Waals surface area contributed by atoms with Crippen LogP contribution in [0, 0.1) is 5.92 Å². The van der Waals surface area contributed by atoms with E-state index in [2.05, 4.69) is 11.9 Å². The Balaban J connectivity index is 1.93. The molecule has 0 amide bonds. The lowest BCUT2D eigenvalue weighted by Gasteiger charge is -2.43. The van der Waals surface area contributed by atoms with Crippen LogP contribution >= 0.6 is 11.8 Å². The molecule has 14 heavy (non-hydrogen) atoms. The van der Waals surface area contributed by atoms with Crippen LogP contribution in [0.5, 0.6) is 0 Å². The number of hydrogen-bond acceptors (Lipinski definition) is 3. The topological polar surface area (TPSA) is 23.5 Å². The van der Waals surface area contributed by atoms with E-state index in [0.29, 0.717) is 5.92 Å². The van der Waals surface area contributed by atoms with Crippen LogP contribution < -0.4 is 0 Å². The van der Waals surface area contributed by atoms with Crippen LogP contribution in [0.15, 0.2) is 0 Å². The van der Waals surface area contributed by atoms with Gasteiger partial charge in [0.15, 0.2) is 0 Å². The number of hydrogen-bond donors (Lipinski definition) is 1. The molecule has 0 radical (unpaired) electrons. The van der Waals surface area contributed by atoms with E-state index >= 15 is 0 Å². The number of thioether (sulfide) groups is 1. The van der Waals surface area contributed by atoms with Gasteiger partial charge in [-0.05, 0) is 50.2 Å². The normalized spacial score (nSPS) is 30.4. The van der Waals surface area contributed by atoms with Crippen LogP contribution in [0.25, 0.3) is 0 Å². The van der Waals surface area contributed by atoms with Gasteiger partial charge in [0.25, 0.3) is 0 Å². The smallest absolute Gasteiger partial charge is 0.0700 e. The van der Waals surface area contributed by atoms with Crippen LogP contribution in [-0.4, -0.2) is 47.3 Å². The van der Waals surface area contributed by atoms with E-state index in [1.807, 2.05) is 11.8 Å². The van der Waals surface area contributed by atoms with Gasteiger partial charge in [0.05, 0.1) is 5.60 Å². The highest BCUT2D eigenvalue weighted by atomic mass is 32.2. The minimum atomic E-state index is -0.326. The molecule has 0 bridgehead atoms. The molecule has 2 aliphatic heterocycles. The molecule has 82 valence electrons. The van der Waals surface area contributed by atoms with Gasteiger partial charge in [0.2, 0.25) is 0 Å². The fourth-order valence-corrected chi connectivity index (χ4v) is 3.76. The molecule has 0 spiro atoms. The van der Waals surface area contributed by atoms with Crippen LogP contribution in [0.2, 0.25) is 0 Å². The lowest BCUT2D eigenvalue weighted by atomic mass is 9.76. The maximum Gasteiger partial charge on any atom is 0.0700 e. The van der Waals surface area contributed by atoms with Crippen molar-refractivity contribution in [1.82, 2.24) is 4.90 Å². The minimum absolute atomic E-state index is 0.326. The van der Waals surface area contributed by atoms with Crippen LogP contribution in [0.4, 0.5) is 0 Å². The van der Waals surface area contributed by atoms with Gasteiger partial charge in [0.1, 0.15) is 0 Å². The Bertz CT molecular complexity index is 184. The van der Waals surface area contributed by atoms with Crippen molar-refractivity contribution in [2.45, 2.75) is 31.3 Å². The molecule has 2 rings (SSSR count). The fraction of sp³-hybridized carbons (Fsp3) is 1.00. The highest BCUT2D eigenvalue weighted by molar-refractivity contribution is 7.99. The fourth-order valence-electron chi connectivity index (χ4n) is 2.65. The first-order chi connectivity index (χ1) is 6.71. The van der Waals surface area contributed by atoms with E-state index in [9.17, 15) is 5.11 Å². The third-order valence-electron chi connectivity index (χ3n) is 3.83. The van der Waals surface area contributed by atoms with Crippen molar-refractivity contribution in [3.8, 4) is 0 Å². The Morgan fingerprint density at radius 1 is 1.21 bits per heavy atom. The predicted molar refractivity (Wildman–Crippen MR) is 61.7 cm³/mol. The van der Waals surface area contributed by atoms with E-state index in [1.165, 1.54) is 24.3 Å². The van der Waals surface area contributed by atoms with Gasteiger partial charge >= 0.3 is 0 Å². The number of piperidine rings is 1. The molecule has 0 aromatic heterocycles. The summed E-state index contributed by atoms with van der Waals surface area (Å²) in [7, 11) is 2.15. The molecule has 0 unspecified atom stereocenters. The Morgan fingerprint density at radius 2 is 1.79 bits per heavy atom. The lowest BCUT2D eigenvalue weighted by Crippen LogP contribution is -2.48. The number of nitrogens with zero attached hydrogens (tertiary/aromatic N) is 1. The Hall–Kier alpha value is 0.270. The van der Waals surface area contributed by atoms with E-state index in [0.717, 1.165) is 25.9 Å². The summed E-state index contributed by atoms with van der Waals surface area (Å²) in [6.07, 6.45) is 4.42. The highest BCUT2D eigenvalue weighted by Gasteiger charge is 2.39. The van der Waals surface area contributed by atoms with E-state index in [4.69, 9.17) is 0 Å². The maximum absolute atomic E-state index is 10.6. The monoisotopic (exact) mass is 215 g/mol. The Kier molecular flexibility index (Phi) is 3.40. The number of rotatable bonds is 1. The van der Waals surface area contributed by atoms with Crippen molar-refractivity contribution in [1.29, 1.82) is 0 Å². The molecule has 2 aliphatic rings. The largest absolute Gasteiger partial charge is 0.390 e. The average molecular weight is 215 g/mol. The molecular formula is C11H21NOS. The second-order valence-electron chi connectivity index (χ2n) is 4.79. The lowest BCUT2D eigenvalue weighted by molar-refractivity contribution is -0.0657. The van der Waals surface area contributed by atoms with Crippen molar-refractivity contribution in [2.24, 2.45) is 5.92 Å². The summed E-state index contributed by atoms with van der Waals surface area (Å²) in [6, 6.07) is 0. The zero-order valence-corrected chi connectivity index (χ0v) is 9.85. The van der Waals surface area contributed by atoms with Gasteiger partial charge < -0.3 is 10.0 Å². The zero-order chi connectivity index (χ0) is 10.0. The molecule has 0 saturated carbocycles. The van der Waals surface area contributed by atoms with E-state index < -0.39 is 0 Å². The highest BCUT2D eigenvalue weighted by Crippen LogP contribution is 2.37. The second-order valence-corrected chi connectivity index (χ2v) is 6.02. The van der Waals surface area contributed by atoms with E-state index in [-0.39, 0.29) is 5.60 Å². The first kappa shape index (κ1) is 10.8. The van der Waals surface area contributed by atoms with E-state index in [1.54, 1.807) is 0 Å². The Morgan fingerprint density at radius 3 is 2.36 bits per heavy atom. The second kappa shape index (κ2) is 4.42. The molecule has 2 fully saturated rings. The quantitative estimate of drug-likeness (QED) is 0.718. The molecule has 2 nitrogen and oxygen atoms in total. The summed E-state index contributed by atoms with van der Waals surface area (Å²) in [6.45, 7) is 2.14. The molecule has 3 heteroatoms. The van der Waals surface area contributed by atoms with Gasteiger partial charge in [-0.1, -0.05) is 0 Å². The van der Waals surface area contributed by atoms with Crippen LogP contribution in [0.1, 0.15) is 25.7 Å². The molecule has 0 aromatic rings. The summed E-state index contributed by atoms with van der Waals surface area (Å²) in [5.74, 6) is 3.09. The van der Waals surface area contributed by atoms with Gasteiger partial charge in [-0.15, -0.1) is 0 Å². The predicted octanol–water partition coefficient (Wildman–Crippen LogP) is 1.59. The summed E-state index contributed by atoms with van der Waals surface area (Å²) < 4.78 is 0. The average Bonchev–Trinajstić information content (AvgIpc) is 2.24. The molecule has 0 atom stereocenters. The number of likely N-dealkylation sites (tertiary alicyclic amines) is 1. The third-order valence-corrected chi connectivity index (χ3v) is 4.88. The standard InChI is InChI=1S/C11H21NOS/c1-12-6-4-11(13,5-7-12)10-2-8-14-9-3-10/h10,13H,2-9H2,1H3. The summed E-state index contributed by atoms with van der Waals surface area (Å²) in [4.78, 5) is 2.33. The van der Waals surface area contributed by atoms with Crippen molar-refractivity contribution < 1.29 is 5.11 Å². The van der Waals surface area contributed by atoms with Crippen molar-refractivity contribution >= 4 is 11.8 Å². The third kappa shape index (κ3) is 2.26.